The summed E-state index contributed by atoms with van der Waals surface area (Å²) < 4.78 is 10.6. The van der Waals surface area contributed by atoms with Crippen LogP contribution in [-0.2, 0) is 6.54 Å². The largest absolute Gasteiger partial charge is 0.454 e. The van der Waals surface area contributed by atoms with Crippen LogP contribution in [0.2, 0.25) is 0 Å². The summed E-state index contributed by atoms with van der Waals surface area (Å²) in [5, 5.41) is 2.89. The molecule has 1 fully saturated rings. The molecule has 2 aromatic rings. The van der Waals surface area contributed by atoms with Crippen molar-refractivity contribution in [2.75, 3.05) is 24.8 Å². The van der Waals surface area contributed by atoms with E-state index in [2.05, 4.69) is 20.2 Å². The second-order valence-electron chi connectivity index (χ2n) is 6.54. The monoisotopic (exact) mass is 354 g/mol. The zero-order valence-electron chi connectivity index (χ0n) is 14.6. The summed E-state index contributed by atoms with van der Waals surface area (Å²) in [6.45, 7) is 2.61. The van der Waals surface area contributed by atoms with Crippen molar-refractivity contribution in [3.05, 3.63) is 41.7 Å². The second kappa shape index (κ2) is 7.59. The Hall–Kier alpha value is -2.83. The Kier molecular flexibility index (Phi) is 4.86. The van der Waals surface area contributed by atoms with Crippen molar-refractivity contribution < 1.29 is 14.3 Å². The van der Waals surface area contributed by atoms with Crippen LogP contribution in [0.3, 0.4) is 0 Å². The highest BCUT2D eigenvalue weighted by molar-refractivity contribution is 5.93. The Labute approximate surface area is 152 Å². The van der Waals surface area contributed by atoms with Crippen LogP contribution in [-0.4, -0.2) is 35.8 Å². The van der Waals surface area contributed by atoms with Gasteiger partial charge in [-0.25, -0.2) is 9.97 Å². The van der Waals surface area contributed by atoms with Crippen LogP contribution >= 0.6 is 0 Å². The van der Waals surface area contributed by atoms with E-state index < -0.39 is 0 Å². The summed E-state index contributed by atoms with van der Waals surface area (Å²) in [7, 11) is 0. The van der Waals surface area contributed by atoms with E-state index in [-0.39, 0.29) is 12.7 Å². The quantitative estimate of drug-likeness (QED) is 0.909. The summed E-state index contributed by atoms with van der Waals surface area (Å²) in [4.78, 5) is 23.3. The second-order valence-corrected chi connectivity index (χ2v) is 6.54. The van der Waals surface area contributed by atoms with E-state index in [1.54, 1.807) is 12.4 Å². The molecule has 0 bridgehead atoms. The number of nitrogens with zero attached hydrogens (tertiary/aromatic N) is 3. The lowest BCUT2D eigenvalue weighted by Crippen LogP contribution is -2.27. The molecule has 0 saturated carbocycles. The molecular weight excluding hydrogens is 332 g/mol. The van der Waals surface area contributed by atoms with Gasteiger partial charge in [-0.3, -0.25) is 4.79 Å². The van der Waals surface area contributed by atoms with E-state index in [0.29, 0.717) is 23.8 Å². The van der Waals surface area contributed by atoms with E-state index >= 15 is 0 Å². The minimum atomic E-state index is -0.190. The van der Waals surface area contributed by atoms with Crippen LogP contribution in [0.1, 0.15) is 41.6 Å². The van der Waals surface area contributed by atoms with Crippen molar-refractivity contribution in [2.45, 2.75) is 32.2 Å². The summed E-state index contributed by atoms with van der Waals surface area (Å²) in [6.07, 6.45) is 8.06. The summed E-state index contributed by atoms with van der Waals surface area (Å²) in [5.41, 5.74) is 1.41. The molecule has 0 spiro atoms. The average Bonchev–Trinajstić information content (AvgIpc) is 2.98. The Balaban J connectivity index is 1.35. The number of hydrogen-bond donors (Lipinski definition) is 1. The number of carbonyl (C=O) groups excluding carboxylic acids is 1. The van der Waals surface area contributed by atoms with Crippen molar-refractivity contribution in [1.29, 1.82) is 0 Å². The minimum absolute atomic E-state index is 0.190. The van der Waals surface area contributed by atoms with Gasteiger partial charge in [0.2, 0.25) is 12.7 Å². The molecule has 2 aliphatic rings. The first kappa shape index (κ1) is 16.6. The molecule has 1 amide bonds. The molecule has 136 valence electrons. The van der Waals surface area contributed by atoms with Gasteiger partial charge in [0, 0.05) is 32.0 Å². The van der Waals surface area contributed by atoms with Gasteiger partial charge < -0.3 is 19.7 Å². The lowest BCUT2D eigenvalue weighted by atomic mass is 10.2. The Morgan fingerprint density at radius 1 is 1.04 bits per heavy atom. The summed E-state index contributed by atoms with van der Waals surface area (Å²) >= 11 is 0. The van der Waals surface area contributed by atoms with E-state index in [4.69, 9.17) is 9.47 Å². The van der Waals surface area contributed by atoms with Gasteiger partial charge in [0.15, 0.2) is 11.5 Å². The van der Waals surface area contributed by atoms with Gasteiger partial charge in [0.25, 0.3) is 5.91 Å². The van der Waals surface area contributed by atoms with Gasteiger partial charge in [-0.1, -0.05) is 18.9 Å². The zero-order chi connectivity index (χ0) is 17.8. The van der Waals surface area contributed by atoms with Gasteiger partial charge in [-0.05, 0) is 30.5 Å². The van der Waals surface area contributed by atoms with Gasteiger partial charge in [0.05, 0.1) is 5.56 Å². The van der Waals surface area contributed by atoms with E-state index in [9.17, 15) is 4.79 Å². The molecule has 2 aliphatic heterocycles. The van der Waals surface area contributed by atoms with Crippen LogP contribution < -0.4 is 19.7 Å². The smallest absolute Gasteiger partial charge is 0.254 e. The highest BCUT2D eigenvalue weighted by Crippen LogP contribution is 2.32. The van der Waals surface area contributed by atoms with Crippen LogP contribution in [0.5, 0.6) is 11.5 Å². The molecule has 0 radical (unpaired) electrons. The van der Waals surface area contributed by atoms with E-state index in [1.807, 2.05) is 18.2 Å². The maximum absolute atomic E-state index is 12.3. The van der Waals surface area contributed by atoms with Crippen molar-refractivity contribution in [3.8, 4) is 11.5 Å². The standard InChI is InChI=1S/C19H22N4O3/c24-18(20-10-14-5-6-16-17(9-14)26-13-25-16)15-11-21-19(22-12-15)23-7-3-1-2-4-8-23/h5-6,9,11-12H,1-4,7-8,10,13H2,(H,20,24). The highest BCUT2D eigenvalue weighted by Gasteiger charge is 2.15. The number of nitrogens with one attached hydrogen (secondary N) is 1. The van der Waals surface area contributed by atoms with Crippen LogP contribution in [0.4, 0.5) is 5.95 Å². The molecule has 1 aromatic heterocycles. The number of fused-ring (bicyclic) bond motifs is 1. The van der Waals surface area contributed by atoms with Crippen LogP contribution in [0.15, 0.2) is 30.6 Å². The van der Waals surface area contributed by atoms with E-state index in [1.165, 1.54) is 25.7 Å². The van der Waals surface area contributed by atoms with Gasteiger partial charge in [-0.15, -0.1) is 0 Å². The van der Waals surface area contributed by atoms with Gasteiger partial charge in [0.1, 0.15) is 0 Å². The fraction of sp³-hybridized carbons (Fsp3) is 0.421. The SMILES string of the molecule is O=C(NCc1ccc2c(c1)OCO2)c1cnc(N2CCCCCC2)nc1. The molecule has 4 rings (SSSR count). The number of rotatable bonds is 4. The predicted octanol–water partition coefficient (Wildman–Crippen LogP) is 2.52. The lowest BCUT2D eigenvalue weighted by Gasteiger charge is -2.19. The van der Waals surface area contributed by atoms with Crippen molar-refractivity contribution in [3.63, 3.8) is 0 Å². The Bertz CT molecular complexity index is 771. The first-order valence-corrected chi connectivity index (χ1v) is 9.03. The number of carbonyl (C=O) groups is 1. The topological polar surface area (TPSA) is 76.6 Å². The third kappa shape index (κ3) is 3.71. The number of anilines is 1. The highest BCUT2D eigenvalue weighted by atomic mass is 16.7. The van der Waals surface area contributed by atoms with E-state index in [0.717, 1.165) is 24.4 Å². The normalized spacial score (nSPS) is 16.2. The molecule has 7 nitrogen and oxygen atoms in total. The number of amides is 1. The number of ether oxygens (including phenoxy) is 2. The zero-order valence-corrected chi connectivity index (χ0v) is 14.6. The average molecular weight is 354 g/mol. The van der Waals surface area contributed by atoms with Crippen molar-refractivity contribution in [1.82, 2.24) is 15.3 Å². The molecule has 1 saturated heterocycles. The van der Waals surface area contributed by atoms with Crippen LogP contribution in [0.25, 0.3) is 0 Å². The van der Waals surface area contributed by atoms with Crippen molar-refractivity contribution >= 4 is 11.9 Å². The summed E-state index contributed by atoms with van der Waals surface area (Å²) in [5.74, 6) is 1.96. The molecule has 0 atom stereocenters. The van der Waals surface area contributed by atoms with Crippen LogP contribution in [0, 0.1) is 0 Å². The molecule has 0 unspecified atom stereocenters. The Morgan fingerprint density at radius 3 is 2.54 bits per heavy atom. The minimum Gasteiger partial charge on any atom is -0.454 e. The molecule has 3 heterocycles. The maximum atomic E-state index is 12.3. The lowest BCUT2D eigenvalue weighted by molar-refractivity contribution is 0.0950. The fourth-order valence-electron chi connectivity index (χ4n) is 3.21. The molecule has 1 aromatic carbocycles. The predicted molar refractivity (Wildman–Crippen MR) is 96.4 cm³/mol. The first-order valence-electron chi connectivity index (χ1n) is 9.03. The summed E-state index contributed by atoms with van der Waals surface area (Å²) in [6, 6.07) is 5.64. The molecular formula is C19H22N4O3. The van der Waals surface area contributed by atoms with Gasteiger partial charge >= 0.3 is 0 Å². The number of hydrogen-bond acceptors (Lipinski definition) is 6. The van der Waals surface area contributed by atoms with Crippen molar-refractivity contribution in [2.24, 2.45) is 0 Å². The maximum Gasteiger partial charge on any atom is 0.254 e. The third-order valence-electron chi connectivity index (χ3n) is 4.68. The first-order chi connectivity index (χ1) is 12.8. The van der Waals surface area contributed by atoms with Gasteiger partial charge in [-0.2, -0.15) is 0 Å². The fourth-order valence-corrected chi connectivity index (χ4v) is 3.21. The molecule has 1 N–H and O–H groups in total. The number of benzene rings is 1. The molecule has 0 aliphatic carbocycles. The number of aromatic nitrogens is 2. The molecule has 26 heavy (non-hydrogen) atoms. The Morgan fingerprint density at radius 2 is 1.77 bits per heavy atom. The molecule has 7 heteroatoms. The third-order valence-corrected chi connectivity index (χ3v) is 4.68.